The Hall–Kier alpha value is -1.68. The molecule has 0 atom stereocenters. The molecule has 3 nitrogen and oxygen atoms in total. The molecule has 0 saturated carbocycles. The lowest BCUT2D eigenvalue weighted by molar-refractivity contribution is 0.326. The number of aromatic nitrogens is 1. The van der Waals surface area contributed by atoms with Crippen LogP contribution in [0.15, 0.2) is 40.3 Å². The molecule has 19 heavy (non-hydrogen) atoms. The van der Waals surface area contributed by atoms with Gasteiger partial charge in [-0.25, -0.2) is 4.98 Å². The minimum atomic E-state index is 0.510. The molecule has 0 saturated heterocycles. The number of pyridine rings is 1. The van der Waals surface area contributed by atoms with E-state index in [0.29, 0.717) is 18.2 Å². The molecule has 2 aromatic rings. The van der Waals surface area contributed by atoms with Gasteiger partial charge < -0.3 is 10.5 Å². The van der Waals surface area contributed by atoms with E-state index in [-0.39, 0.29) is 0 Å². The third-order valence-corrected chi connectivity index (χ3v) is 3.77. The van der Waals surface area contributed by atoms with E-state index in [0.717, 1.165) is 5.03 Å². The first-order chi connectivity index (χ1) is 9.10. The van der Waals surface area contributed by atoms with Gasteiger partial charge in [-0.3, -0.25) is 0 Å². The van der Waals surface area contributed by atoms with Gasteiger partial charge in [0.1, 0.15) is 5.03 Å². The van der Waals surface area contributed by atoms with Crippen LogP contribution in [0.25, 0.3) is 0 Å². The molecule has 100 valence electrons. The van der Waals surface area contributed by atoms with Crippen molar-refractivity contribution in [2.45, 2.75) is 30.7 Å². The predicted octanol–water partition coefficient (Wildman–Crippen LogP) is 3.83. The SMILES string of the molecule is CCOc1nc(Sc2ccc(C)c(C)c2)ccc1N. The Bertz CT molecular complexity index is 584. The molecule has 2 rings (SSSR count). The van der Waals surface area contributed by atoms with Gasteiger partial charge in [0.25, 0.3) is 0 Å². The first-order valence-electron chi connectivity index (χ1n) is 6.24. The van der Waals surface area contributed by atoms with E-state index in [2.05, 4.69) is 37.0 Å². The molecule has 2 N–H and O–H groups in total. The van der Waals surface area contributed by atoms with Crippen molar-refractivity contribution in [3.05, 3.63) is 41.5 Å². The van der Waals surface area contributed by atoms with E-state index in [1.807, 2.05) is 19.1 Å². The summed E-state index contributed by atoms with van der Waals surface area (Å²) >= 11 is 1.61. The standard InChI is InChI=1S/C15H18N2OS/c1-4-18-15-13(16)7-8-14(17-15)19-12-6-5-10(2)11(3)9-12/h5-9H,4,16H2,1-3H3. The van der Waals surface area contributed by atoms with Crippen LogP contribution in [0.5, 0.6) is 5.88 Å². The summed E-state index contributed by atoms with van der Waals surface area (Å²) in [4.78, 5) is 5.59. The molecule has 1 aromatic carbocycles. The van der Waals surface area contributed by atoms with Crippen LogP contribution in [-0.4, -0.2) is 11.6 Å². The number of benzene rings is 1. The fraction of sp³-hybridized carbons (Fsp3) is 0.267. The molecular formula is C15H18N2OS. The highest BCUT2D eigenvalue weighted by Crippen LogP contribution is 2.30. The molecule has 0 fully saturated rings. The molecule has 0 aliphatic carbocycles. The predicted molar refractivity (Wildman–Crippen MR) is 79.9 cm³/mol. The maximum Gasteiger partial charge on any atom is 0.238 e. The summed E-state index contributed by atoms with van der Waals surface area (Å²) in [5, 5.41) is 0.890. The van der Waals surface area contributed by atoms with Crippen LogP contribution in [0, 0.1) is 13.8 Å². The number of hydrogen-bond acceptors (Lipinski definition) is 4. The molecule has 0 amide bonds. The Labute approximate surface area is 118 Å². The second-order valence-corrected chi connectivity index (χ2v) is 5.42. The van der Waals surface area contributed by atoms with E-state index in [9.17, 15) is 0 Å². The van der Waals surface area contributed by atoms with Crippen molar-refractivity contribution in [1.82, 2.24) is 4.98 Å². The van der Waals surface area contributed by atoms with E-state index >= 15 is 0 Å². The summed E-state index contributed by atoms with van der Waals surface area (Å²) in [7, 11) is 0. The van der Waals surface area contributed by atoms with Crippen molar-refractivity contribution < 1.29 is 4.74 Å². The summed E-state index contributed by atoms with van der Waals surface area (Å²) in [6, 6.07) is 10.1. The lowest BCUT2D eigenvalue weighted by Gasteiger charge is -2.08. The molecule has 4 heteroatoms. The van der Waals surface area contributed by atoms with Gasteiger partial charge in [0.15, 0.2) is 0 Å². The molecule has 0 bridgehead atoms. The van der Waals surface area contributed by atoms with Gasteiger partial charge in [0.05, 0.1) is 12.3 Å². The summed E-state index contributed by atoms with van der Waals surface area (Å²) in [6.45, 7) is 6.71. The van der Waals surface area contributed by atoms with Crippen molar-refractivity contribution in [2.24, 2.45) is 0 Å². The van der Waals surface area contributed by atoms with Crippen LogP contribution in [0.4, 0.5) is 5.69 Å². The van der Waals surface area contributed by atoms with Crippen LogP contribution < -0.4 is 10.5 Å². The van der Waals surface area contributed by atoms with Gasteiger partial charge in [-0.1, -0.05) is 17.8 Å². The maximum absolute atomic E-state index is 5.82. The zero-order valence-electron chi connectivity index (χ0n) is 11.4. The fourth-order valence-corrected chi connectivity index (χ4v) is 2.52. The van der Waals surface area contributed by atoms with Crippen molar-refractivity contribution in [1.29, 1.82) is 0 Å². The molecule has 1 heterocycles. The van der Waals surface area contributed by atoms with Crippen LogP contribution >= 0.6 is 11.8 Å². The van der Waals surface area contributed by atoms with Crippen LogP contribution in [0.2, 0.25) is 0 Å². The highest BCUT2D eigenvalue weighted by atomic mass is 32.2. The largest absolute Gasteiger partial charge is 0.476 e. The second kappa shape index (κ2) is 5.97. The van der Waals surface area contributed by atoms with Gasteiger partial charge in [0.2, 0.25) is 5.88 Å². The highest BCUT2D eigenvalue weighted by Gasteiger charge is 2.06. The Morgan fingerprint density at radius 1 is 1.16 bits per heavy atom. The molecule has 0 unspecified atom stereocenters. The minimum Gasteiger partial charge on any atom is -0.476 e. The number of ether oxygens (including phenoxy) is 1. The molecule has 0 aliphatic heterocycles. The summed E-state index contributed by atoms with van der Waals surface area (Å²) < 4.78 is 5.41. The normalized spacial score (nSPS) is 10.5. The lowest BCUT2D eigenvalue weighted by Crippen LogP contribution is -1.99. The second-order valence-electron chi connectivity index (χ2n) is 4.33. The third-order valence-electron chi connectivity index (χ3n) is 2.85. The number of nitrogens with two attached hydrogens (primary N) is 1. The molecule has 1 aromatic heterocycles. The monoisotopic (exact) mass is 274 g/mol. The van der Waals surface area contributed by atoms with Crippen molar-refractivity contribution in [2.75, 3.05) is 12.3 Å². The zero-order valence-corrected chi connectivity index (χ0v) is 12.3. The minimum absolute atomic E-state index is 0.510. The Kier molecular flexibility index (Phi) is 4.32. The highest BCUT2D eigenvalue weighted by molar-refractivity contribution is 7.99. The maximum atomic E-state index is 5.82. The van der Waals surface area contributed by atoms with Crippen molar-refractivity contribution in [3.8, 4) is 5.88 Å². The van der Waals surface area contributed by atoms with Gasteiger partial charge in [-0.15, -0.1) is 0 Å². The van der Waals surface area contributed by atoms with Gasteiger partial charge >= 0.3 is 0 Å². The third kappa shape index (κ3) is 3.41. The molecule has 0 spiro atoms. The smallest absolute Gasteiger partial charge is 0.238 e. The van der Waals surface area contributed by atoms with E-state index in [4.69, 9.17) is 10.5 Å². The number of aryl methyl sites for hydroxylation is 2. The molecule has 0 aliphatic rings. The molecular weight excluding hydrogens is 256 g/mol. The van der Waals surface area contributed by atoms with E-state index < -0.39 is 0 Å². The topological polar surface area (TPSA) is 48.1 Å². The zero-order chi connectivity index (χ0) is 13.8. The number of hydrogen-bond donors (Lipinski definition) is 1. The first kappa shape index (κ1) is 13.7. The lowest BCUT2D eigenvalue weighted by atomic mass is 10.1. The first-order valence-corrected chi connectivity index (χ1v) is 7.06. The summed E-state index contributed by atoms with van der Waals surface area (Å²) in [5.74, 6) is 0.510. The van der Waals surface area contributed by atoms with Gasteiger partial charge in [0, 0.05) is 4.90 Å². The summed E-state index contributed by atoms with van der Waals surface area (Å²) in [5.41, 5.74) is 8.97. The number of anilines is 1. The number of nitrogen functional groups attached to an aromatic ring is 1. The van der Waals surface area contributed by atoms with E-state index in [1.54, 1.807) is 11.8 Å². The summed E-state index contributed by atoms with van der Waals surface area (Å²) in [6.07, 6.45) is 0. The number of nitrogens with zero attached hydrogens (tertiary/aromatic N) is 1. The Morgan fingerprint density at radius 3 is 2.63 bits per heavy atom. The van der Waals surface area contributed by atoms with Gasteiger partial charge in [-0.2, -0.15) is 0 Å². The Morgan fingerprint density at radius 2 is 1.95 bits per heavy atom. The molecule has 0 radical (unpaired) electrons. The quantitative estimate of drug-likeness (QED) is 0.920. The average molecular weight is 274 g/mol. The Balaban J connectivity index is 2.22. The fourth-order valence-electron chi connectivity index (χ4n) is 1.64. The van der Waals surface area contributed by atoms with Crippen molar-refractivity contribution in [3.63, 3.8) is 0 Å². The van der Waals surface area contributed by atoms with Crippen LogP contribution in [-0.2, 0) is 0 Å². The average Bonchev–Trinajstić information content (AvgIpc) is 2.38. The van der Waals surface area contributed by atoms with Gasteiger partial charge in [-0.05, 0) is 56.2 Å². The van der Waals surface area contributed by atoms with E-state index in [1.165, 1.54) is 16.0 Å². The van der Waals surface area contributed by atoms with Crippen LogP contribution in [0.3, 0.4) is 0 Å². The van der Waals surface area contributed by atoms with Crippen molar-refractivity contribution >= 4 is 17.4 Å². The number of rotatable bonds is 4. The van der Waals surface area contributed by atoms with Crippen LogP contribution in [0.1, 0.15) is 18.1 Å².